The van der Waals surface area contributed by atoms with Crippen molar-refractivity contribution in [1.29, 1.82) is 0 Å². The van der Waals surface area contributed by atoms with Crippen LogP contribution < -0.4 is 11.1 Å². The van der Waals surface area contributed by atoms with E-state index < -0.39 is 11.9 Å². The molecule has 0 spiro atoms. The summed E-state index contributed by atoms with van der Waals surface area (Å²) in [5, 5.41) is 11.1. The lowest BCUT2D eigenvalue weighted by molar-refractivity contribution is -0.121. The summed E-state index contributed by atoms with van der Waals surface area (Å²) in [6.07, 6.45) is 1.18. The molecule has 1 atom stereocenters. The van der Waals surface area contributed by atoms with Crippen LogP contribution in [0.2, 0.25) is 0 Å². The lowest BCUT2D eigenvalue weighted by Gasteiger charge is -2.23. The Balaban J connectivity index is 2.49. The van der Waals surface area contributed by atoms with Gasteiger partial charge >= 0.3 is 0 Å². The first-order valence-corrected chi connectivity index (χ1v) is 3.13. The van der Waals surface area contributed by atoms with Crippen LogP contribution in [0.25, 0.3) is 0 Å². The average molecular weight is 167 g/mol. The molecule has 0 saturated carbocycles. The van der Waals surface area contributed by atoms with Crippen molar-refractivity contribution >= 4 is 23.8 Å². The van der Waals surface area contributed by atoms with Crippen LogP contribution in [0, 0.1) is 0 Å². The molecule has 0 fully saturated rings. The number of aliphatic hydroxyl groups is 1. The van der Waals surface area contributed by atoms with Crippen LogP contribution in [0.5, 0.6) is 0 Å². The lowest BCUT2D eigenvalue weighted by Crippen LogP contribution is -2.60. The standard InChI is InChI=1S/C5H5N5O2/c6-5(12)9-3-2(4(11)10-5)7-1-8-3/h1,12H,6H2,(H,10,11). The Labute approximate surface area is 66.7 Å². The molecular formula is C5H5N5O2. The van der Waals surface area contributed by atoms with E-state index in [1.807, 2.05) is 5.32 Å². The first kappa shape index (κ1) is 7.07. The number of fused-ring (bicyclic) bond motifs is 1. The molecule has 0 aromatic carbocycles. The molecule has 2 aliphatic heterocycles. The maximum absolute atomic E-state index is 11.0. The van der Waals surface area contributed by atoms with Gasteiger partial charge in [0.2, 0.25) is 0 Å². The van der Waals surface area contributed by atoms with Gasteiger partial charge in [-0.3, -0.25) is 15.8 Å². The fraction of sp³-hybridized carbons (Fsp3) is 0.200. The van der Waals surface area contributed by atoms with E-state index in [0.717, 1.165) is 0 Å². The number of aliphatic imine (C=N–C) groups is 3. The zero-order chi connectivity index (χ0) is 8.77. The van der Waals surface area contributed by atoms with Gasteiger partial charge in [-0.05, 0) is 0 Å². The average Bonchev–Trinajstić information content (AvgIpc) is 2.31. The predicted molar refractivity (Wildman–Crippen MR) is 40.6 cm³/mol. The van der Waals surface area contributed by atoms with E-state index in [4.69, 9.17) is 10.8 Å². The Kier molecular flexibility index (Phi) is 1.15. The van der Waals surface area contributed by atoms with Crippen molar-refractivity contribution in [3.63, 3.8) is 0 Å². The fourth-order valence-electron chi connectivity index (χ4n) is 0.918. The summed E-state index contributed by atoms with van der Waals surface area (Å²) in [4.78, 5) is 21.8. The van der Waals surface area contributed by atoms with Gasteiger partial charge in [-0.15, -0.1) is 0 Å². The van der Waals surface area contributed by atoms with E-state index in [9.17, 15) is 4.79 Å². The maximum Gasteiger partial charge on any atom is 0.299 e. The van der Waals surface area contributed by atoms with Gasteiger partial charge in [0.15, 0.2) is 11.5 Å². The number of hydrogen-bond acceptors (Lipinski definition) is 6. The summed E-state index contributed by atoms with van der Waals surface area (Å²) in [7, 11) is 0. The van der Waals surface area contributed by atoms with E-state index in [2.05, 4.69) is 15.0 Å². The van der Waals surface area contributed by atoms with E-state index in [1.54, 1.807) is 0 Å². The molecular weight excluding hydrogens is 162 g/mol. The first-order valence-electron chi connectivity index (χ1n) is 3.13. The molecule has 62 valence electrons. The third-order valence-electron chi connectivity index (χ3n) is 1.37. The van der Waals surface area contributed by atoms with Gasteiger partial charge in [0.05, 0.1) is 0 Å². The summed E-state index contributed by atoms with van der Waals surface area (Å²) >= 11 is 0. The second kappa shape index (κ2) is 1.96. The van der Waals surface area contributed by atoms with Crippen LogP contribution in [-0.4, -0.2) is 34.9 Å². The van der Waals surface area contributed by atoms with Gasteiger partial charge in [0.25, 0.3) is 11.9 Å². The highest BCUT2D eigenvalue weighted by Crippen LogP contribution is 2.06. The van der Waals surface area contributed by atoms with Gasteiger partial charge < -0.3 is 5.11 Å². The molecule has 0 saturated heterocycles. The Morgan fingerprint density at radius 3 is 3.17 bits per heavy atom. The molecule has 4 N–H and O–H groups in total. The van der Waals surface area contributed by atoms with Crippen molar-refractivity contribution < 1.29 is 9.90 Å². The molecule has 0 radical (unpaired) electrons. The third-order valence-corrected chi connectivity index (χ3v) is 1.37. The Hall–Kier alpha value is -1.60. The van der Waals surface area contributed by atoms with Crippen molar-refractivity contribution in [2.24, 2.45) is 20.7 Å². The quantitative estimate of drug-likeness (QED) is 0.348. The topological polar surface area (TPSA) is 112 Å². The minimum Gasteiger partial charge on any atom is -0.340 e. The zero-order valence-electron chi connectivity index (χ0n) is 5.85. The molecule has 0 aromatic rings. The number of nitrogens with zero attached hydrogens (tertiary/aromatic N) is 3. The zero-order valence-corrected chi connectivity index (χ0v) is 5.85. The number of amidine groups is 1. The lowest BCUT2D eigenvalue weighted by atomic mass is 10.3. The van der Waals surface area contributed by atoms with Gasteiger partial charge in [0, 0.05) is 0 Å². The highest BCUT2D eigenvalue weighted by atomic mass is 16.3. The summed E-state index contributed by atoms with van der Waals surface area (Å²) in [6.45, 7) is 0. The van der Waals surface area contributed by atoms with Crippen LogP contribution in [0.3, 0.4) is 0 Å². The first-order chi connectivity index (χ1) is 5.58. The number of rotatable bonds is 0. The molecule has 2 rings (SSSR count). The second-order valence-corrected chi connectivity index (χ2v) is 2.34. The number of nitrogens with one attached hydrogen (secondary N) is 1. The number of carbonyl (C=O) groups is 1. The summed E-state index contributed by atoms with van der Waals surface area (Å²) < 4.78 is 0. The molecule has 1 amide bonds. The smallest absolute Gasteiger partial charge is 0.299 e. The Morgan fingerprint density at radius 2 is 2.42 bits per heavy atom. The Morgan fingerprint density at radius 1 is 1.67 bits per heavy atom. The van der Waals surface area contributed by atoms with Crippen molar-refractivity contribution in [3.8, 4) is 0 Å². The molecule has 2 heterocycles. The minimum atomic E-state index is -2.06. The maximum atomic E-state index is 11.0. The second-order valence-electron chi connectivity index (χ2n) is 2.34. The van der Waals surface area contributed by atoms with Crippen LogP contribution in [-0.2, 0) is 4.79 Å². The van der Waals surface area contributed by atoms with Gasteiger partial charge in [0.1, 0.15) is 6.34 Å². The highest BCUT2D eigenvalue weighted by Gasteiger charge is 2.35. The van der Waals surface area contributed by atoms with Crippen LogP contribution in [0.4, 0.5) is 0 Å². The van der Waals surface area contributed by atoms with Crippen molar-refractivity contribution in [2.45, 2.75) is 5.97 Å². The summed E-state index contributed by atoms with van der Waals surface area (Å²) in [6, 6.07) is 0. The predicted octanol–water partition coefficient (Wildman–Crippen LogP) is -2.44. The molecule has 7 nitrogen and oxygen atoms in total. The van der Waals surface area contributed by atoms with Crippen LogP contribution >= 0.6 is 0 Å². The van der Waals surface area contributed by atoms with E-state index in [1.165, 1.54) is 6.34 Å². The number of carbonyl (C=O) groups excluding carboxylic acids is 1. The number of hydrogen-bond donors (Lipinski definition) is 3. The molecule has 0 bridgehead atoms. The molecule has 2 aliphatic rings. The van der Waals surface area contributed by atoms with Gasteiger partial charge in [-0.1, -0.05) is 0 Å². The Bertz CT molecular complexity index is 340. The van der Waals surface area contributed by atoms with Crippen molar-refractivity contribution in [2.75, 3.05) is 0 Å². The van der Waals surface area contributed by atoms with E-state index in [-0.39, 0.29) is 11.5 Å². The van der Waals surface area contributed by atoms with Crippen LogP contribution in [0.1, 0.15) is 0 Å². The van der Waals surface area contributed by atoms with Gasteiger partial charge in [-0.25, -0.2) is 9.98 Å². The fourth-order valence-corrected chi connectivity index (χ4v) is 0.918. The minimum absolute atomic E-state index is 0.0590. The molecule has 0 aromatic heterocycles. The number of nitrogens with two attached hydrogens (primary N) is 1. The van der Waals surface area contributed by atoms with E-state index >= 15 is 0 Å². The number of amides is 1. The van der Waals surface area contributed by atoms with Gasteiger partial charge in [-0.2, -0.15) is 4.99 Å². The SMILES string of the molecule is NC1(O)N=C2N=CN=C2C(=O)N1. The highest BCUT2D eigenvalue weighted by molar-refractivity contribution is 6.69. The summed E-state index contributed by atoms with van der Waals surface area (Å²) in [5.74, 6) is -2.58. The van der Waals surface area contributed by atoms with Crippen molar-refractivity contribution in [3.05, 3.63) is 0 Å². The van der Waals surface area contributed by atoms with E-state index in [0.29, 0.717) is 0 Å². The molecule has 12 heavy (non-hydrogen) atoms. The van der Waals surface area contributed by atoms with Crippen molar-refractivity contribution in [1.82, 2.24) is 5.32 Å². The van der Waals surface area contributed by atoms with Crippen LogP contribution in [0.15, 0.2) is 15.0 Å². The largest absolute Gasteiger partial charge is 0.340 e. The monoisotopic (exact) mass is 167 g/mol. The molecule has 1 unspecified atom stereocenters. The molecule has 7 heteroatoms. The normalized spacial score (nSPS) is 32.3. The third kappa shape index (κ3) is 0.917. The summed E-state index contributed by atoms with van der Waals surface area (Å²) in [5.41, 5.74) is 5.21. The molecule has 0 aliphatic carbocycles.